The number of amides is 2. The SMILES string of the molecule is Cc1ccc(Oc2cccc(NC(=O)Nc3nnc(C(C)(C)C)s3)c2)cc1. The maximum atomic E-state index is 12.2. The molecule has 27 heavy (non-hydrogen) atoms. The van der Waals surface area contributed by atoms with Gasteiger partial charge in [-0.05, 0) is 31.2 Å². The molecule has 0 saturated carbocycles. The molecule has 1 heterocycles. The Balaban J connectivity index is 1.62. The summed E-state index contributed by atoms with van der Waals surface area (Å²) in [6.45, 7) is 8.18. The van der Waals surface area contributed by atoms with Gasteiger partial charge in [-0.1, -0.05) is 55.9 Å². The highest BCUT2D eigenvalue weighted by Crippen LogP contribution is 2.28. The molecule has 3 aromatic rings. The minimum Gasteiger partial charge on any atom is -0.457 e. The number of anilines is 2. The van der Waals surface area contributed by atoms with Gasteiger partial charge in [-0.25, -0.2) is 4.79 Å². The summed E-state index contributed by atoms with van der Waals surface area (Å²) in [6.07, 6.45) is 0. The summed E-state index contributed by atoms with van der Waals surface area (Å²) in [5, 5.41) is 15.0. The Labute approximate surface area is 162 Å². The number of nitrogens with one attached hydrogen (secondary N) is 2. The molecule has 0 saturated heterocycles. The summed E-state index contributed by atoms with van der Waals surface area (Å²) >= 11 is 1.37. The van der Waals surface area contributed by atoms with E-state index in [1.165, 1.54) is 16.9 Å². The zero-order valence-electron chi connectivity index (χ0n) is 15.7. The van der Waals surface area contributed by atoms with Gasteiger partial charge in [0.05, 0.1) is 0 Å². The summed E-state index contributed by atoms with van der Waals surface area (Å²) in [5.74, 6) is 1.38. The maximum absolute atomic E-state index is 12.2. The van der Waals surface area contributed by atoms with Crippen LogP contribution in [0.15, 0.2) is 48.5 Å². The van der Waals surface area contributed by atoms with E-state index >= 15 is 0 Å². The summed E-state index contributed by atoms with van der Waals surface area (Å²) < 4.78 is 5.82. The van der Waals surface area contributed by atoms with Crippen LogP contribution in [0.25, 0.3) is 0 Å². The fourth-order valence-corrected chi connectivity index (χ4v) is 3.01. The van der Waals surface area contributed by atoms with Crippen LogP contribution in [0.2, 0.25) is 0 Å². The monoisotopic (exact) mass is 382 g/mol. The molecule has 6 nitrogen and oxygen atoms in total. The molecule has 2 N–H and O–H groups in total. The van der Waals surface area contributed by atoms with Crippen LogP contribution in [-0.4, -0.2) is 16.2 Å². The van der Waals surface area contributed by atoms with E-state index in [9.17, 15) is 4.79 Å². The number of rotatable bonds is 4. The number of carbonyl (C=O) groups excluding carboxylic acids is 1. The molecule has 0 spiro atoms. The van der Waals surface area contributed by atoms with E-state index in [1.807, 2.05) is 43.3 Å². The van der Waals surface area contributed by atoms with Crippen LogP contribution >= 0.6 is 11.3 Å². The standard InChI is InChI=1S/C20H22N4O2S/c1-13-8-10-15(11-9-13)26-16-7-5-6-14(12-16)21-18(25)22-19-24-23-17(27-19)20(2,3)4/h5-12H,1-4H3,(H2,21,22,24,25). The highest BCUT2D eigenvalue weighted by atomic mass is 32.1. The normalized spacial score (nSPS) is 11.1. The minimum atomic E-state index is -0.376. The van der Waals surface area contributed by atoms with Crippen LogP contribution in [0.3, 0.4) is 0 Å². The van der Waals surface area contributed by atoms with E-state index in [-0.39, 0.29) is 11.4 Å². The van der Waals surface area contributed by atoms with Gasteiger partial charge < -0.3 is 10.1 Å². The van der Waals surface area contributed by atoms with E-state index in [0.717, 1.165) is 10.8 Å². The molecule has 0 unspecified atom stereocenters. The zero-order valence-corrected chi connectivity index (χ0v) is 16.6. The van der Waals surface area contributed by atoms with Crippen LogP contribution in [0.1, 0.15) is 31.3 Å². The smallest absolute Gasteiger partial charge is 0.325 e. The second kappa shape index (κ2) is 7.75. The van der Waals surface area contributed by atoms with Crippen LogP contribution in [0, 0.1) is 6.92 Å². The zero-order chi connectivity index (χ0) is 19.4. The summed E-state index contributed by atoms with van der Waals surface area (Å²) in [7, 11) is 0. The first kappa shape index (κ1) is 18.8. The van der Waals surface area contributed by atoms with Gasteiger partial charge in [-0.15, -0.1) is 10.2 Å². The van der Waals surface area contributed by atoms with Crippen molar-refractivity contribution in [3.63, 3.8) is 0 Å². The number of urea groups is 1. The molecule has 1 aromatic heterocycles. The predicted octanol–water partition coefficient (Wildman–Crippen LogP) is 5.58. The Hall–Kier alpha value is -2.93. The lowest BCUT2D eigenvalue weighted by Crippen LogP contribution is -2.19. The van der Waals surface area contributed by atoms with Crippen molar-refractivity contribution < 1.29 is 9.53 Å². The molecule has 0 fully saturated rings. The van der Waals surface area contributed by atoms with Gasteiger partial charge >= 0.3 is 6.03 Å². The van der Waals surface area contributed by atoms with Gasteiger partial charge in [0.25, 0.3) is 0 Å². The highest BCUT2D eigenvalue weighted by molar-refractivity contribution is 7.15. The first-order chi connectivity index (χ1) is 12.8. The van der Waals surface area contributed by atoms with Crippen molar-refractivity contribution in [1.82, 2.24) is 10.2 Å². The Morgan fingerprint density at radius 1 is 1.00 bits per heavy atom. The third-order valence-electron chi connectivity index (χ3n) is 3.64. The van der Waals surface area contributed by atoms with Gasteiger partial charge in [0.15, 0.2) is 0 Å². The quantitative estimate of drug-likeness (QED) is 0.617. The minimum absolute atomic E-state index is 0.101. The van der Waals surface area contributed by atoms with Crippen molar-refractivity contribution >= 4 is 28.2 Å². The van der Waals surface area contributed by atoms with Gasteiger partial charge in [0.1, 0.15) is 16.5 Å². The predicted molar refractivity (Wildman–Crippen MR) is 109 cm³/mol. The third-order valence-corrected chi connectivity index (χ3v) is 4.90. The Kier molecular flexibility index (Phi) is 5.41. The average molecular weight is 382 g/mol. The van der Waals surface area contributed by atoms with Crippen molar-refractivity contribution in [1.29, 1.82) is 0 Å². The number of ether oxygens (including phenoxy) is 1. The first-order valence-electron chi connectivity index (χ1n) is 8.56. The van der Waals surface area contributed by atoms with Crippen LogP contribution in [0.5, 0.6) is 11.5 Å². The average Bonchev–Trinajstić information content (AvgIpc) is 3.06. The van der Waals surface area contributed by atoms with E-state index in [1.54, 1.807) is 12.1 Å². The fourth-order valence-electron chi connectivity index (χ4n) is 2.22. The number of hydrogen-bond donors (Lipinski definition) is 2. The van der Waals surface area contributed by atoms with Crippen LogP contribution in [0.4, 0.5) is 15.6 Å². The van der Waals surface area contributed by atoms with E-state index in [0.29, 0.717) is 16.6 Å². The lowest BCUT2D eigenvalue weighted by Gasteiger charge is -2.12. The molecular weight excluding hydrogens is 360 g/mol. The Morgan fingerprint density at radius 2 is 1.74 bits per heavy atom. The molecule has 0 atom stereocenters. The van der Waals surface area contributed by atoms with Crippen molar-refractivity contribution in [2.45, 2.75) is 33.1 Å². The summed E-state index contributed by atoms with van der Waals surface area (Å²) in [4.78, 5) is 12.2. The summed E-state index contributed by atoms with van der Waals surface area (Å²) in [6, 6.07) is 14.6. The molecule has 0 aliphatic rings. The molecule has 0 radical (unpaired) electrons. The largest absolute Gasteiger partial charge is 0.457 e. The Morgan fingerprint density at radius 3 is 2.41 bits per heavy atom. The molecule has 2 amide bonds. The van der Waals surface area contributed by atoms with Gasteiger partial charge in [0.2, 0.25) is 5.13 Å². The van der Waals surface area contributed by atoms with E-state index in [2.05, 4.69) is 41.6 Å². The van der Waals surface area contributed by atoms with Crippen molar-refractivity contribution in [2.24, 2.45) is 0 Å². The number of benzene rings is 2. The second-order valence-corrected chi connectivity index (χ2v) is 8.16. The van der Waals surface area contributed by atoms with E-state index in [4.69, 9.17) is 4.74 Å². The first-order valence-corrected chi connectivity index (χ1v) is 9.38. The molecule has 0 bridgehead atoms. The number of aromatic nitrogens is 2. The van der Waals surface area contributed by atoms with Gasteiger partial charge in [0, 0.05) is 17.2 Å². The van der Waals surface area contributed by atoms with Crippen molar-refractivity contribution in [3.05, 3.63) is 59.1 Å². The topological polar surface area (TPSA) is 76.1 Å². The molecule has 140 valence electrons. The number of hydrogen-bond acceptors (Lipinski definition) is 5. The van der Waals surface area contributed by atoms with Crippen LogP contribution < -0.4 is 15.4 Å². The van der Waals surface area contributed by atoms with Crippen LogP contribution in [-0.2, 0) is 5.41 Å². The summed E-state index contributed by atoms with van der Waals surface area (Å²) in [5.41, 5.74) is 1.69. The molecular formula is C20H22N4O2S. The Bertz CT molecular complexity index is 930. The lowest BCUT2D eigenvalue weighted by atomic mass is 9.98. The third kappa shape index (κ3) is 5.27. The van der Waals surface area contributed by atoms with E-state index < -0.39 is 0 Å². The highest BCUT2D eigenvalue weighted by Gasteiger charge is 2.20. The molecule has 3 rings (SSSR count). The molecule has 0 aliphatic heterocycles. The van der Waals surface area contributed by atoms with Gasteiger partial charge in [-0.2, -0.15) is 0 Å². The molecule has 0 aliphatic carbocycles. The van der Waals surface area contributed by atoms with Gasteiger partial charge in [-0.3, -0.25) is 5.32 Å². The van der Waals surface area contributed by atoms with Crippen molar-refractivity contribution in [2.75, 3.05) is 10.6 Å². The lowest BCUT2D eigenvalue weighted by molar-refractivity contribution is 0.262. The number of carbonyl (C=O) groups is 1. The maximum Gasteiger partial charge on any atom is 0.325 e. The van der Waals surface area contributed by atoms with Crippen molar-refractivity contribution in [3.8, 4) is 11.5 Å². The molecule has 7 heteroatoms. The fraction of sp³-hybridized carbons (Fsp3) is 0.250. The number of aryl methyl sites for hydroxylation is 1. The number of nitrogens with zero attached hydrogens (tertiary/aromatic N) is 2. The molecule has 2 aromatic carbocycles. The second-order valence-electron chi connectivity index (χ2n) is 7.18.